The van der Waals surface area contributed by atoms with Gasteiger partial charge in [0.25, 0.3) is 11.6 Å². The monoisotopic (exact) mass is 416 g/mol. The number of nitro benzene ring substituents is 1. The van der Waals surface area contributed by atoms with Gasteiger partial charge in [0.2, 0.25) is 5.88 Å². The molecule has 0 unspecified atom stereocenters. The van der Waals surface area contributed by atoms with Crippen molar-refractivity contribution in [2.45, 2.75) is 6.92 Å². The van der Waals surface area contributed by atoms with Gasteiger partial charge in [-0.1, -0.05) is 15.9 Å². The Bertz CT molecular complexity index is 1010. The first-order chi connectivity index (χ1) is 12.4. The van der Waals surface area contributed by atoms with E-state index in [1.165, 1.54) is 24.5 Å². The van der Waals surface area contributed by atoms with Crippen LogP contribution in [0.4, 0.5) is 11.4 Å². The molecule has 26 heavy (non-hydrogen) atoms. The number of nitro groups is 1. The minimum atomic E-state index is -0.486. The van der Waals surface area contributed by atoms with Crippen LogP contribution in [0.3, 0.4) is 0 Å². The normalized spacial score (nSPS) is 10.5. The van der Waals surface area contributed by atoms with E-state index in [0.717, 1.165) is 4.47 Å². The van der Waals surface area contributed by atoms with Crippen LogP contribution in [-0.4, -0.2) is 27.4 Å². The number of hydrogen-bond acceptors (Lipinski definition) is 6. The molecule has 0 aliphatic rings. The molecule has 1 N–H and O–H groups in total. The van der Waals surface area contributed by atoms with E-state index in [-0.39, 0.29) is 12.3 Å². The Balaban J connectivity index is 1.70. The van der Waals surface area contributed by atoms with Crippen LogP contribution in [0.25, 0.3) is 10.9 Å². The van der Waals surface area contributed by atoms with E-state index in [0.29, 0.717) is 28.0 Å². The number of fused-ring (bicyclic) bond motifs is 1. The van der Waals surface area contributed by atoms with Gasteiger partial charge in [0.05, 0.1) is 15.8 Å². The quantitative estimate of drug-likeness (QED) is 0.502. The van der Waals surface area contributed by atoms with Gasteiger partial charge in [-0.05, 0) is 36.8 Å². The van der Waals surface area contributed by atoms with Gasteiger partial charge in [-0.15, -0.1) is 0 Å². The van der Waals surface area contributed by atoms with Gasteiger partial charge in [-0.25, -0.2) is 9.97 Å². The third-order valence-electron chi connectivity index (χ3n) is 3.60. The maximum absolute atomic E-state index is 12.1. The van der Waals surface area contributed by atoms with E-state index in [2.05, 4.69) is 31.2 Å². The summed E-state index contributed by atoms with van der Waals surface area (Å²) >= 11 is 3.38. The predicted molar refractivity (Wildman–Crippen MR) is 99.2 cm³/mol. The highest BCUT2D eigenvalue weighted by Crippen LogP contribution is 2.25. The van der Waals surface area contributed by atoms with E-state index in [9.17, 15) is 14.9 Å². The summed E-state index contributed by atoms with van der Waals surface area (Å²) in [5.41, 5.74) is 1.74. The average molecular weight is 417 g/mol. The van der Waals surface area contributed by atoms with Gasteiger partial charge in [-0.2, -0.15) is 0 Å². The fourth-order valence-electron chi connectivity index (χ4n) is 2.34. The molecule has 0 fully saturated rings. The van der Waals surface area contributed by atoms with Crippen molar-refractivity contribution in [3.8, 4) is 5.88 Å². The van der Waals surface area contributed by atoms with Crippen molar-refractivity contribution >= 4 is 44.1 Å². The molecule has 0 saturated carbocycles. The molecule has 9 heteroatoms. The summed E-state index contributed by atoms with van der Waals surface area (Å²) < 4.78 is 6.36. The van der Waals surface area contributed by atoms with Gasteiger partial charge in [-0.3, -0.25) is 14.9 Å². The van der Waals surface area contributed by atoms with Gasteiger partial charge in [0.15, 0.2) is 6.61 Å². The number of carbonyl (C=O) groups is 1. The second-order valence-corrected chi connectivity index (χ2v) is 6.35. The first-order valence-corrected chi connectivity index (χ1v) is 8.31. The van der Waals surface area contributed by atoms with Crippen molar-refractivity contribution in [1.29, 1.82) is 0 Å². The molecule has 0 aliphatic carbocycles. The first kappa shape index (κ1) is 17.7. The van der Waals surface area contributed by atoms with Gasteiger partial charge in [0.1, 0.15) is 6.33 Å². The Morgan fingerprint density at radius 3 is 2.81 bits per heavy atom. The highest BCUT2D eigenvalue weighted by atomic mass is 79.9. The fraction of sp³-hybridized carbons (Fsp3) is 0.118. The molecule has 3 aromatic rings. The summed E-state index contributed by atoms with van der Waals surface area (Å²) in [6, 6.07) is 9.69. The number of hydrogen-bond donors (Lipinski definition) is 1. The molecule has 0 bridgehead atoms. The summed E-state index contributed by atoms with van der Waals surface area (Å²) in [5, 5.41) is 14.1. The van der Waals surface area contributed by atoms with Crippen LogP contribution >= 0.6 is 15.9 Å². The summed E-state index contributed by atoms with van der Waals surface area (Å²) in [6.07, 6.45) is 1.37. The molecule has 2 aromatic carbocycles. The lowest BCUT2D eigenvalue weighted by Gasteiger charge is -2.10. The number of amides is 1. The lowest BCUT2D eigenvalue weighted by Crippen LogP contribution is -2.21. The second kappa shape index (κ2) is 7.44. The van der Waals surface area contributed by atoms with Crippen molar-refractivity contribution in [3.05, 3.63) is 62.9 Å². The molecule has 0 saturated heterocycles. The van der Waals surface area contributed by atoms with Crippen molar-refractivity contribution in [2.75, 3.05) is 11.9 Å². The molecule has 1 aromatic heterocycles. The number of anilines is 1. The number of nitrogens with zero attached hydrogens (tertiary/aromatic N) is 3. The van der Waals surface area contributed by atoms with Crippen molar-refractivity contribution in [1.82, 2.24) is 9.97 Å². The van der Waals surface area contributed by atoms with Crippen molar-refractivity contribution < 1.29 is 14.5 Å². The molecule has 1 amide bonds. The topological polar surface area (TPSA) is 107 Å². The van der Waals surface area contributed by atoms with E-state index in [1.54, 1.807) is 6.92 Å². The van der Waals surface area contributed by atoms with E-state index in [1.807, 2.05) is 18.2 Å². The summed E-state index contributed by atoms with van der Waals surface area (Å²) in [6.45, 7) is 1.42. The molecule has 0 spiro atoms. The summed E-state index contributed by atoms with van der Waals surface area (Å²) in [4.78, 5) is 30.6. The highest BCUT2D eigenvalue weighted by Gasteiger charge is 2.12. The summed E-state index contributed by atoms with van der Waals surface area (Å²) in [5.74, 6) is -0.101. The van der Waals surface area contributed by atoms with Crippen LogP contribution in [0.15, 0.2) is 47.2 Å². The molecule has 0 radical (unpaired) electrons. The maximum Gasteiger partial charge on any atom is 0.269 e. The maximum atomic E-state index is 12.1. The third-order valence-corrected chi connectivity index (χ3v) is 4.09. The van der Waals surface area contributed by atoms with Gasteiger partial charge in [0, 0.05) is 22.3 Å². The van der Waals surface area contributed by atoms with Gasteiger partial charge >= 0.3 is 0 Å². The lowest BCUT2D eigenvalue weighted by atomic mass is 10.2. The Hall–Kier alpha value is -3.07. The number of aryl methyl sites for hydroxylation is 1. The van der Waals surface area contributed by atoms with E-state index < -0.39 is 10.8 Å². The largest absolute Gasteiger partial charge is 0.467 e. The minimum Gasteiger partial charge on any atom is -0.467 e. The van der Waals surface area contributed by atoms with E-state index >= 15 is 0 Å². The third kappa shape index (κ3) is 3.94. The second-order valence-electron chi connectivity index (χ2n) is 5.43. The molecule has 0 atom stereocenters. The molecule has 0 aliphatic heterocycles. The Kier molecular flexibility index (Phi) is 5.08. The molecular formula is C17H13BrN4O4. The van der Waals surface area contributed by atoms with Crippen LogP contribution in [0.2, 0.25) is 0 Å². The number of nitrogens with one attached hydrogen (secondary N) is 1. The number of aromatic nitrogens is 2. The number of benzene rings is 2. The number of carbonyl (C=O) groups excluding carboxylic acids is 1. The molecular weight excluding hydrogens is 404 g/mol. The zero-order valence-corrected chi connectivity index (χ0v) is 15.2. The number of ether oxygens (including phenoxy) is 1. The molecule has 3 rings (SSSR count). The Morgan fingerprint density at radius 2 is 2.08 bits per heavy atom. The Morgan fingerprint density at radius 1 is 1.27 bits per heavy atom. The molecule has 1 heterocycles. The molecule has 8 nitrogen and oxygen atoms in total. The van der Waals surface area contributed by atoms with Crippen LogP contribution in [0.5, 0.6) is 5.88 Å². The lowest BCUT2D eigenvalue weighted by molar-refractivity contribution is -0.384. The van der Waals surface area contributed by atoms with Crippen LogP contribution in [-0.2, 0) is 4.79 Å². The Labute approximate surface area is 156 Å². The number of rotatable bonds is 5. The van der Waals surface area contributed by atoms with Crippen LogP contribution < -0.4 is 10.1 Å². The number of halogens is 1. The van der Waals surface area contributed by atoms with E-state index in [4.69, 9.17) is 4.74 Å². The average Bonchev–Trinajstić information content (AvgIpc) is 2.61. The number of non-ortho nitro benzene ring substituents is 1. The minimum absolute atomic E-state index is 0.0326. The molecule has 132 valence electrons. The van der Waals surface area contributed by atoms with Gasteiger partial charge < -0.3 is 10.1 Å². The fourth-order valence-corrected chi connectivity index (χ4v) is 2.70. The van der Waals surface area contributed by atoms with Crippen LogP contribution in [0.1, 0.15) is 5.56 Å². The van der Waals surface area contributed by atoms with Crippen molar-refractivity contribution in [2.24, 2.45) is 0 Å². The van der Waals surface area contributed by atoms with Crippen molar-refractivity contribution in [3.63, 3.8) is 0 Å². The summed E-state index contributed by atoms with van der Waals surface area (Å²) in [7, 11) is 0. The zero-order chi connectivity index (χ0) is 18.7. The SMILES string of the molecule is Cc1cc([N+](=O)[O-])ccc1NC(=O)COc1ncnc2ccc(Br)cc12. The first-order valence-electron chi connectivity index (χ1n) is 7.52. The highest BCUT2D eigenvalue weighted by molar-refractivity contribution is 9.10. The predicted octanol–water partition coefficient (Wildman–Crippen LogP) is 3.63. The van der Waals surface area contributed by atoms with Crippen LogP contribution in [0, 0.1) is 17.0 Å². The standard InChI is InChI=1S/C17H13BrN4O4/c1-10-6-12(22(24)25)3-5-14(10)21-16(23)8-26-17-13-7-11(18)2-4-15(13)19-9-20-17/h2-7,9H,8H2,1H3,(H,21,23). The zero-order valence-electron chi connectivity index (χ0n) is 13.6. The smallest absolute Gasteiger partial charge is 0.269 e.